The fourth-order valence-corrected chi connectivity index (χ4v) is 2.45. The van der Waals surface area contributed by atoms with Gasteiger partial charge in [-0.15, -0.1) is 0 Å². The Balaban J connectivity index is 1.47. The van der Waals surface area contributed by atoms with Crippen molar-refractivity contribution in [3.63, 3.8) is 0 Å². The molecule has 112 valence electrons. The van der Waals surface area contributed by atoms with E-state index < -0.39 is 0 Å². The fourth-order valence-electron chi connectivity index (χ4n) is 2.45. The van der Waals surface area contributed by atoms with Crippen molar-refractivity contribution >= 4 is 17.5 Å². The molecular formula is C18H18N2O2. The highest BCUT2D eigenvalue weighted by Gasteiger charge is 2.47. The van der Waals surface area contributed by atoms with E-state index >= 15 is 0 Å². The zero-order valence-electron chi connectivity index (χ0n) is 12.2. The van der Waals surface area contributed by atoms with E-state index in [4.69, 9.17) is 0 Å². The van der Waals surface area contributed by atoms with Gasteiger partial charge in [-0.2, -0.15) is 0 Å². The molecule has 2 N–H and O–H groups in total. The summed E-state index contributed by atoms with van der Waals surface area (Å²) in [5.74, 6) is -0.536. The van der Waals surface area contributed by atoms with Gasteiger partial charge in [-0.05, 0) is 24.1 Å². The van der Waals surface area contributed by atoms with Crippen molar-refractivity contribution in [2.24, 2.45) is 11.8 Å². The SMILES string of the molecule is O=C(NCc1ccccc1)C1CC1C(=O)Nc1ccccc1. The summed E-state index contributed by atoms with van der Waals surface area (Å²) in [6, 6.07) is 19.1. The van der Waals surface area contributed by atoms with E-state index in [1.807, 2.05) is 60.7 Å². The number of benzene rings is 2. The van der Waals surface area contributed by atoms with Crippen LogP contribution in [0.25, 0.3) is 0 Å². The normalized spacial score (nSPS) is 19.3. The van der Waals surface area contributed by atoms with Crippen LogP contribution in [0, 0.1) is 11.8 Å². The third-order valence-electron chi connectivity index (χ3n) is 3.81. The Bertz CT molecular complexity index is 655. The predicted molar refractivity (Wildman–Crippen MR) is 85.0 cm³/mol. The highest BCUT2D eigenvalue weighted by molar-refractivity contribution is 5.99. The van der Waals surface area contributed by atoms with Gasteiger partial charge in [-0.25, -0.2) is 0 Å². The molecule has 0 radical (unpaired) electrons. The third kappa shape index (κ3) is 3.52. The van der Waals surface area contributed by atoms with Gasteiger partial charge in [0.05, 0.1) is 11.8 Å². The molecule has 2 atom stereocenters. The Morgan fingerprint density at radius 3 is 2.14 bits per heavy atom. The monoisotopic (exact) mass is 294 g/mol. The van der Waals surface area contributed by atoms with Gasteiger partial charge in [0.1, 0.15) is 0 Å². The van der Waals surface area contributed by atoms with Gasteiger partial charge in [-0.3, -0.25) is 9.59 Å². The maximum absolute atomic E-state index is 12.1. The van der Waals surface area contributed by atoms with Gasteiger partial charge < -0.3 is 10.6 Å². The average molecular weight is 294 g/mol. The Labute approximate surface area is 129 Å². The molecule has 4 nitrogen and oxygen atoms in total. The van der Waals surface area contributed by atoms with Gasteiger partial charge in [0.25, 0.3) is 0 Å². The van der Waals surface area contributed by atoms with Gasteiger partial charge in [0, 0.05) is 12.2 Å². The fraction of sp³-hybridized carbons (Fsp3) is 0.222. The van der Waals surface area contributed by atoms with Crippen molar-refractivity contribution in [1.29, 1.82) is 0 Å². The standard InChI is InChI=1S/C18H18N2O2/c21-17(19-12-13-7-3-1-4-8-13)15-11-16(15)18(22)20-14-9-5-2-6-10-14/h1-10,15-16H,11-12H2,(H,19,21)(H,20,22). The highest BCUT2D eigenvalue weighted by atomic mass is 16.2. The van der Waals surface area contributed by atoms with Crippen LogP contribution in [-0.2, 0) is 16.1 Å². The Morgan fingerprint density at radius 1 is 0.864 bits per heavy atom. The molecule has 2 unspecified atom stereocenters. The van der Waals surface area contributed by atoms with Gasteiger partial charge in [0.15, 0.2) is 0 Å². The average Bonchev–Trinajstić information content (AvgIpc) is 3.35. The van der Waals surface area contributed by atoms with Crippen LogP contribution in [0.1, 0.15) is 12.0 Å². The van der Waals surface area contributed by atoms with Gasteiger partial charge in [-0.1, -0.05) is 48.5 Å². The summed E-state index contributed by atoms with van der Waals surface area (Å²) in [4.78, 5) is 24.1. The molecule has 1 aliphatic rings. The first-order valence-electron chi connectivity index (χ1n) is 7.41. The summed E-state index contributed by atoms with van der Waals surface area (Å²) in [7, 11) is 0. The number of nitrogens with one attached hydrogen (secondary N) is 2. The summed E-state index contributed by atoms with van der Waals surface area (Å²) in [5.41, 5.74) is 1.82. The van der Waals surface area contributed by atoms with Crippen molar-refractivity contribution in [2.45, 2.75) is 13.0 Å². The van der Waals surface area contributed by atoms with E-state index in [-0.39, 0.29) is 23.7 Å². The molecule has 0 bridgehead atoms. The molecule has 0 heterocycles. The van der Waals surface area contributed by atoms with Crippen molar-refractivity contribution in [2.75, 3.05) is 5.32 Å². The van der Waals surface area contributed by atoms with Crippen LogP contribution >= 0.6 is 0 Å². The number of hydrogen-bond donors (Lipinski definition) is 2. The topological polar surface area (TPSA) is 58.2 Å². The molecule has 0 aliphatic heterocycles. The molecule has 2 aromatic carbocycles. The number of hydrogen-bond acceptors (Lipinski definition) is 2. The second-order valence-electron chi connectivity index (χ2n) is 5.51. The number of para-hydroxylation sites is 1. The first kappa shape index (κ1) is 14.3. The number of amides is 2. The Morgan fingerprint density at radius 2 is 1.45 bits per heavy atom. The molecule has 3 rings (SSSR count). The molecule has 1 saturated carbocycles. The van der Waals surface area contributed by atoms with E-state index in [0.717, 1.165) is 11.3 Å². The van der Waals surface area contributed by atoms with Crippen LogP contribution < -0.4 is 10.6 Å². The van der Waals surface area contributed by atoms with Crippen molar-refractivity contribution in [3.05, 3.63) is 66.2 Å². The lowest BCUT2D eigenvalue weighted by atomic mass is 10.2. The predicted octanol–water partition coefficient (Wildman–Crippen LogP) is 2.58. The summed E-state index contributed by atoms with van der Waals surface area (Å²) >= 11 is 0. The van der Waals surface area contributed by atoms with Crippen molar-refractivity contribution < 1.29 is 9.59 Å². The van der Waals surface area contributed by atoms with Crippen molar-refractivity contribution in [1.82, 2.24) is 5.32 Å². The van der Waals surface area contributed by atoms with Crippen LogP contribution in [0.4, 0.5) is 5.69 Å². The molecule has 2 aromatic rings. The van der Waals surface area contributed by atoms with E-state index in [9.17, 15) is 9.59 Å². The van der Waals surface area contributed by atoms with Gasteiger partial charge in [0.2, 0.25) is 11.8 Å². The second-order valence-corrected chi connectivity index (χ2v) is 5.51. The number of carbonyl (C=O) groups excluding carboxylic acids is 2. The number of anilines is 1. The van der Waals surface area contributed by atoms with E-state index in [2.05, 4.69) is 10.6 Å². The highest BCUT2D eigenvalue weighted by Crippen LogP contribution is 2.39. The molecule has 1 aliphatic carbocycles. The van der Waals surface area contributed by atoms with Crippen molar-refractivity contribution in [3.8, 4) is 0 Å². The first-order chi connectivity index (χ1) is 10.7. The minimum absolute atomic E-state index is 0.0444. The quantitative estimate of drug-likeness (QED) is 0.890. The molecule has 1 fully saturated rings. The maximum Gasteiger partial charge on any atom is 0.228 e. The first-order valence-corrected chi connectivity index (χ1v) is 7.41. The third-order valence-corrected chi connectivity index (χ3v) is 3.81. The molecule has 0 aromatic heterocycles. The smallest absolute Gasteiger partial charge is 0.228 e. The number of carbonyl (C=O) groups is 2. The summed E-state index contributed by atoms with van der Waals surface area (Å²) < 4.78 is 0. The van der Waals surface area contributed by atoms with Crippen LogP contribution in [0.2, 0.25) is 0 Å². The zero-order valence-corrected chi connectivity index (χ0v) is 12.2. The van der Waals surface area contributed by atoms with Crippen LogP contribution in [0.5, 0.6) is 0 Å². The number of rotatable bonds is 5. The molecule has 0 spiro atoms. The van der Waals surface area contributed by atoms with E-state index in [1.165, 1.54) is 0 Å². The summed E-state index contributed by atoms with van der Waals surface area (Å²) in [6.07, 6.45) is 0.624. The van der Waals surface area contributed by atoms with Gasteiger partial charge >= 0.3 is 0 Å². The van der Waals surface area contributed by atoms with Crippen LogP contribution in [0.3, 0.4) is 0 Å². The lowest BCUT2D eigenvalue weighted by Gasteiger charge is -2.06. The Kier molecular flexibility index (Phi) is 4.19. The lowest BCUT2D eigenvalue weighted by molar-refractivity contribution is -0.125. The van der Waals surface area contributed by atoms with E-state index in [0.29, 0.717) is 13.0 Å². The van der Waals surface area contributed by atoms with E-state index in [1.54, 1.807) is 0 Å². The molecule has 22 heavy (non-hydrogen) atoms. The van der Waals surface area contributed by atoms with Crippen LogP contribution in [-0.4, -0.2) is 11.8 Å². The molecule has 4 heteroatoms. The zero-order chi connectivity index (χ0) is 15.4. The Hall–Kier alpha value is -2.62. The molecule has 0 saturated heterocycles. The minimum Gasteiger partial charge on any atom is -0.352 e. The summed E-state index contributed by atoms with van der Waals surface area (Å²) in [5, 5.41) is 5.73. The molecule has 2 amide bonds. The summed E-state index contributed by atoms with van der Waals surface area (Å²) in [6.45, 7) is 0.503. The molecular weight excluding hydrogens is 276 g/mol. The largest absolute Gasteiger partial charge is 0.352 e. The maximum atomic E-state index is 12.1. The lowest BCUT2D eigenvalue weighted by Crippen LogP contribution is -2.27. The minimum atomic E-state index is -0.212. The van der Waals surface area contributed by atoms with Crippen LogP contribution in [0.15, 0.2) is 60.7 Å². The second kappa shape index (κ2) is 6.43.